The lowest BCUT2D eigenvalue weighted by molar-refractivity contribution is -0.143. The average molecular weight is 289 g/mol. The molecule has 2 aromatic rings. The molecular formula is C13H12ClF3N2. The van der Waals surface area contributed by atoms with Crippen LogP contribution in [0.2, 0.25) is 0 Å². The fraction of sp³-hybridized carbons (Fsp3) is 0.308. The summed E-state index contributed by atoms with van der Waals surface area (Å²) in [5.41, 5.74) is 1.32. The fourth-order valence-corrected chi connectivity index (χ4v) is 2.25. The predicted octanol–water partition coefficient (Wildman–Crippen LogP) is 4.25. The molecule has 6 heteroatoms. The van der Waals surface area contributed by atoms with Crippen LogP contribution in [0.15, 0.2) is 24.4 Å². The van der Waals surface area contributed by atoms with Crippen LogP contribution in [0.4, 0.5) is 13.2 Å². The minimum absolute atomic E-state index is 0.0201. The lowest BCUT2D eigenvalue weighted by Crippen LogP contribution is -2.15. The Morgan fingerprint density at radius 2 is 1.74 bits per heavy atom. The largest absolute Gasteiger partial charge is 0.433 e. The Labute approximate surface area is 113 Å². The third kappa shape index (κ3) is 2.76. The first-order chi connectivity index (χ1) is 8.82. The highest BCUT2D eigenvalue weighted by atomic mass is 35.5. The van der Waals surface area contributed by atoms with Crippen LogP contribution in [0, 0.1) is 13.8 Å². The van der Waals surface area contributed by atoms with Crippen LogP contribution >= 0.6 is 11.6 Å². The monoisotopic (exact) mass is 288 g/mol. The second kappa shape index (κ2) is 4.89. The molecule has 102 valence electrons. The molecule has 1 aromatic carbocycles. The van der Waals surface area contributed by atoms with Gasteiger partial charge in [-0.3, -0.25) is 0 Å². The van der Waals surface area contributed by atoms with E-state index in [0.717, 1.165) is 22.0 Å². The van der Waals surface area contributed by atoms with E-state index in [4.69, 9.17) is 11.6 Å². The van der Waals surface area contributed by atoms with Crippen molar-refractivity contribution in [2.24, 2.45) is 0 Å². The van der Waals surface area contributed by atoms with Gasteiger partial charge >= 0.3 is 6.18 Å². The zero-order valence-electron chi connectivity index (χ0n) is 10.4. The summed E-state index contributed by atoms with van der Waals surface area (Å²) in [5, 5.41) is 3.82. The molecule has 0 aliphatic rings. The number of nitrogens with zero attached hydrogens (tertiary/aromatic N) is 2. The van der Waals surface area contributed by atoms with Gasteiger partial charge in [-0.15, -0.1) is 11.6 Å². The van der Waals surface area contributed by atoms with Gasteiger partial charge in [0.25, 0.3) is 0 Å². The van der Waals surface area contributed by atoms with Crippen LogP contribution in [-0.2, 0) is 12.1 Å². The van der Waals surface area contributed by atoms with Crippen LogP contribution < -0.4 is 0 Å². The average Bonchev–Trinajstić information content (AvgIpc) is 2.70. The van der Waals surface area contributed by atoms with E-state index in [1.807, 2.05) is 19.9 Å². The molecule has 0 saturated heterocycles. The van der Waals surface area contributed by atoms with E-state index in [1.165, 1.54) is 0 Å². The smallest absolute Gasteiger partial charge is 0.228 e. The number of aryl methyl sites for hydroxylation is 2. The molecule has 1 heterocycles. The van der Waals surface area contributed by atoms with Gasteiger partial charge in [-0.05, 0) is 37.1 Å². The predicted molar refractivity (Wildman–Crippen MR) is 67.6 cm³/mol. The maximum Gasteiger partial charge on any atom is 0.433 e. The lowest BCUT2D eigenvalue weighted by Gasteiger charge is -2.13. The maximum atomic E-state index is 13.1. The lowest BCUT2D eigenvalue weighted by atomic mass is 10.1. The molecule has 0 bridgehead atoms. The van der Waals surface area contributed by atoms with E-state index in [0.29, 0.717) is 5.69 Å². The van der Waals surface area contributed by atoms with Crippen LogP contribution in [0.25, 0.3) is 5.69 Å². The van der Waals surface area contributed by atoms with Crippen molar-refractivity contribution in [1.82, 2.24) is 9.78 Å². The number of benzene rings is 1. The van der Waals surface area contributed by atoms with Gasteiger partial charge in [0.15, 0.2) is 5.69 Å². The van der Waals surface area contributed by atoms with Crippen molar-refractivity contribution in [2.45, 2.75) is 25.9 Å². The van der Waals surface area contributed by atoms with Gasteiger partial charge in [-0.1, -0.05) is 6.07 Å². The molecule has 0 fully saturated rings. The first-order valence-electron chi connectivity index (χ1n) is 5.61. The first kappa shape index (κ1) is 13.9. The summed E-state index contributed by atoms with van der Waals surface area (Å²) < 4.78 is 40.2. The zero-order valence-corrected chi connectivity index (χ0v) is 11.2. The molecule has 0 aliphatic carbocycles. The first-order valence-corrected chi connectivity index (χ1v) is 6.15. The number of alkyl halides is 4. The van der Waals surface area contributed by atoms with Crippen molar-refractivity contribution in [1.29, 1.82) is 0 Å². The highest BCUT2D eigenvalue weighted by Crippen LogP contribution is 2.34. The molecule has 0 radical (unpaired) electrons. The molecule has 0 aliphatic heterocycles. The molecule has 0 atom stereocenters. The minimum atomic E-state index is -4.49. The Morgan fingerprint density at radius 3 is 2.21 bits per heavy atom. The van der Waals surface area contributed by atoms with Crippen LogP contribution in [0.5, 0.6) is 0 Å². The second-order valence-corrected chi connectivity index (χ2v) is 4.67. The summed E-state index contributed by atoms with van der Waals surface area (Å²) in [5.74, 6) is -0.223. The SMILES string of the molecule is Cc1cc(C)cc(-n2ncc(CCl)c2C(F)(F)F)c1. The van der Waals surface area contributed by atoms with Crippen molar-refractivity contribution in [2.75, 3.05) is 0 Å². The highest BCUT2D eigenvalue weighted by molar-refractivity contribution is 6.17. The summed E-state index contributed by atoms with van der Waals surface area (Å²) in [6, 6.07) is 5.21. The Morgan fingerprint density at radius 1 is 1.16 bits per heavy atom. The van der Waals surface area contributed by atoms with Crippen molar-refractivity contribution in [3.8, 4) is 5.69 Å². The Hall–Kier alpha value is -1.49. The van der Waals surface area contributed by atoms with Crippen molar-refractivity contribution in [3.63, 3.8) is 0 Å². The molecular weight excluding hydrogens is 277 g/mol. The Balaban J connectivity index is 2.66. The van der Waals surface area contributed by atoms with Crippen LogP contribution in [-0.4, -0.2) is 9.78 Å². The van der Waals surface area contributed by atoms with Crippen LogP contribution in [0.1, 0.15) is 22.4 Å². The summed E-state index contributed by atoms with van der Waals surface area (Å²) in [4.78, 5) is 0. The van der Waals surface area contributed by atoms with Crippen LogP contribution in [0.3, 0.4) is 0 Å². The molecule has 0 N–H and O–H groups in total. The van der Waals surface area contributed by atoms with Crippen molar-refractivity contribution in [3.05, 3.63) is 46.8 Å². The molecule has 2 nitrogen and oxygen atoms in total. The van der Waals surface area contributed by atoms with E-state index in [1.54, 1.807) is 12.1 Å². The molecule has 1 aromatic heterocycles. The van der Waals surface area contributed by atoms with Gasteiger partial charge in [0.2, 0.25) is 0 Å². The Kier molecular flexibility index (Phi) is 3.58. The quantitative estimate of drug-likeness (QED) is 0.756. The summed E-state index contributed by atoms with van der Waals surface area (Å²) in [7, 11) is 0. The standard InChI is InChI=1S/C13H12ClF3N2/c1-8-3-9(2)5-11(4-8)19-12(13(15,16)17)10(6-14)7-18-19/h3-5,7H,6H2,1-2H3. The van der Waals surface area contributed by atoms with Crippen molar-refractivity contribution >= 4 is 11.6 Å². The van der Waals surface area contributed by atoms with E-state index in [2.05, 4.69) is 5.10 Å². The van der Waals surface area contributed by atoms with Crippen molar-refractivity contribution < 1.29 is 13.2 Å². The normalized spacial score (nSPS) is 11.9. The molecule has 0 spiro atoms. The number of rotatable bonds is 2. The van der Waals surface area contributed by atoms with Gasteiger partial charge in [0.05, 0.1) is 17.8 Å². The topological polar surface area (TPSA) is 17.8 Å². The van der Waals surface area contributed by atoms with Gasteiger partial charge in [0, 0.05) is 5.56 Å². The fourth-order valence-electron chi connectivity index (χ4n) is 2.05. The van der Waals surface area contributed by atoms with Gasteiger partial charge in [-0.2, -0.15) is 18.3 Å². The summed E-state index contributed by atoms with van der Waals surface area (Å²) in [6.07, 6.45) is -3.33. The maximum absolute atomic E-state index is 13.1. The summed E-state index contributed by atoms with van der Waals surface area (Å²) >= 11 is 5.55. The number of hydrogen-bond donors (Lipinski definition) is 0. The number of hydrogen-bond acceptors (Lipinski definition) is 1. The molecule has 19 heavy (non-hydrogen) atoms. The molecule has 0 saturated carbocycles. The van der Waals surface area contributed by atoms with E-state index < -0.39 is 11.9 Å². The zero-order chi connectivity index (χ0) is 14.2. The number of aromatic nitrogens is 2. The second-order valence-electron chi connectivity index (χ2n) is 4.41. The van der Waals surface area contributed by atoms with Gasteiger partial charge in [-0.25, -0.2) is 4.68 Å². The van der Waals surface area contributed by atoms with E-state index in [-0.39, 0.29) is 11.4 Å². The van der Waals surface area contributed by atoms with E-state index in [9.17, 15) is 13.2 Å². The molecule has 0 amide bonds. The minimum Gasteiger partial charge on any atom is -0.228 e. The third-order valence-electron chi connectivity index (χ3n) is 2.71. The van der Waals surface area contributed by atoms with Gasteiger partial charge in [0.1, 0.15) is 0 Å². The van der Waals surface area contributed by atoms with Gasteiger partial charge < -0.3 is 0 Å². The van der Waals surface area contributed by atoms with E-state index >= 15 is 0 Å². The molecule has 2 rings (SSSR count). The number of halogens is 4. The third-order valence-corrected chi connectivity index (χ3v) is 3.00. The Bertz CT molecular complexity index is 582. The highest BCUT2D eigenvalue weighted by Gasteiger charge is 2.38. The summed E-state index contributed by atoms with van der Waals surface area (Å²) in [6.45, 7) is 3.66. The molecule has 0 unspecified atom stereocenters.